The number of rotatable bonds is 3. The van der Waals surface area contributed by atoms with Crippen molar-refractivity contribution in [1.82, 2.24) is 5.16 Å². The topological polar surface area (TPSA) is 69.2 Å². The predicted molar refractivity (Wildman–Crippen MR) is 63.2 cm³/mol. The molecule has 92 valence electrons. The molecule has 0 fully saturated rings. The SMILES string of the molecule is Cc1noc(/C=C/c2cccc(F)c2)c1[N+](=O)[O-]. The maximum atomic E-state index is 12.9. The first-order chi connectivity index (χ1) is 8.58. The number of nitrogens with zero attached hydrogens (tertiary/aromatic N) is 2. The molecule has 0 amide bonds. The van der Waals surface area contributed by atoms with Crippen LogP contribution in [0.4, 0.5) is 10.1 Å². The summed E-state index contributed by atoms with van der Waals surface area (Å²) in [4.78, 5) is 10.2. The van der Waals surface area contributed by atoms with E-state index in [1.54, 1.807) is 12.1 Å². The molecule has 0 unspecified atom stereocenters. The molecule has 1 aromatic carbocycles. The van der Waals surface area contributed by atoms with Gasteiger partial charge in [0.05, 0.1) is 4.92 Å². The van der Waals surface area contributed by atoms with E-state index in [4.69, 9.17) is 4.52 Å². The van der Waals surface area contributed by atoms with Crippen molar-refractivity contribution < 1.29 is 13.8 Å². The highest BCUT2D eigenvalue weighted by molar-refractivity contribution is 5.71. The second-order valence-corrected chi connectivity index (χ2v) is 3.63. The molecule has 6 heteroatoms. The van der Waals surface area contributed by atoms with Crippen LogP contribution in [-0.2, 0) is 0 Å². The van der Waals surface area contributed by atoms with E-state index in [0.717, 1.165) is 0 Å². The van der Waals surface area contributed by atoms with Gasteiger partial charge < -0.3 is 4.52 Å². The number of hydrogen-bond donors (Lipinski definition) is 0. The summed E-state index contributed by atoms with van der Waals surface area (Å²) in [5.41, 5.74) is 0.611. The van der Waals surface area contributed by atoms with Crippen LogP contribution in [0.3, 0.4) is 0 Å². The zero-order valence-electron chi connectivity index (χ0n) is 9.46. The van der Waals surface area contributed by atoms with Crippen LogP contribution < -0.4 is 0 Å². The number of aromatic nitrogens is 1. The van der Waals surface area contributed by atoms with Gasteiger partial charge in [-0.15, -0.1) is 0 Å². The zero-order chi connectivity index (χ0) is 13.1. The van der Waals surface area contributed by atoms with Gasteiger partial charge >= 0.3 is 5.69 Å². The van der Waals surface area contributed by atoms with Crippen molar-refractivity contribution in [2.45, 2.75) is 6.92 Å². The molecule has 0 N–H and O–H groups in total. The molecule has 0 bridgehead atoms. The molecule has 0 aliphatic carbocycles. The van der Waals surface area contributed by atoms with E-state index in [2.05, 4.69) is 5.16 Å². The van der Waals surface area contributed by atoms with E-state index >= 15 is 0 Å². The number of halogens is 1. The first-order valence-corrected chi connectivity index (χ1v) is 5.12. The average molecular weight is 248 g/mol. The summed E-state index contributed by atoms with van der Waals surface area (Å²) in [6, 6.07) is 5.85. The largest absolute Gasteiger partial charge is 0.349 e. The lowest BCUT2D eigenvalue weighted by Gasteiger charge is -1.92. The minimum Gasteiger partial charge on any atom is -0.349 e. The maximum Gasteiger partial charge on any atom is 0.338 e. The number of aryl methyl sites for hydroxylation is 1. The van der Waals surface area contributed by atoms with Crippen LogP contribution in [-0.4, -0.2) is 10.1 Å². The molecular formula is C12H9FN2O3. The lowest BCUT2D eigenvalue weighted by atomic mass is 10.2. The van der Waals surface area contributed by atoms with E-state index in [0.29, 0.717) is 5.56 Å². The third-order valence-corrected chi connectivity index (χ3v) is 2.32. The van der Waals surface area contributed by atoms with Crippen molar-refractivity contribution in [3.63, 3.8) is 0 Å². The molecular weight excluding hydrogens is 239 g/mol. The molecule has 2 rings (SSSR count). The summed E-state index contributed by atoms with van der Waals surface area (Å²) in [5, 5.41) is 14.3. The average Bonchev–Trinajstić information content (AvgIpc) is 2.68. The molecule has 1 heterocycles. The van der Waals surface area contributed by atoms with E-state index < -0.39 is 4.92 Å². The Hall–Kier alpha value is -2.50. The maximum absolute atomic E-state index is 12.9. The minimum absolute atomic E-state index is 0.0433. The lowest BCUT2D eigenvalue weighted by Crippen LogP contribution is -1.90. The number of hydrogen-bond acceptors (Lipinski definition) is 4. The Morgan fingerprint density at radius 3 is 2.89 bits per heavy atom. The van der Waals surface area contributed by atoms with Gasteiger partial charge in [0.25, 0.3) is 0 Å². The number of benzene rings is 1. The molecule has 2 aromatic rings. The van der Waals surface area contributed by atoms with Crippen LogP contribution in [0.2, 0.25) is 0 Å². The summed E-state index contributed by atoms with van der Waals surface area (Å²) in [5.74, 6) is -0.331. The molecule has 5 nitrogen and oxygen atoms in total. The van der Waals surface area contributed by atoms with Crippen LogP contribution >= 0.6 is 0 Å². The summed E-state index contributed by atoms with van der Waals surface area (Å²) in [6.45, 7) is 1.49. The molecule has 0 saturated heterocycles. The van der Waals surface area contributed by atoms with Crippen LogP contribution in [0.25, 0.3) is 12.2 Å². The molecule has 0 spiro atoms. The van der Waals surface area contributed by atoms with Gasteiger partial charge in [-0.05, 0) is 30.7 Å². The van der Waals surface area contributed by atoms with E-state index in [9.17, 15) is 14.5 Å². The molecule has 0 saturated carbocycles. The molecule has 0 atom stereocenters. The minimum atomic E-state index is -0.558. The Morgan fingerprint density at radius 1 is 1.44 bits per heavy atom. The highest BCUT2D eigenvalue weighted by Crippen LogP contribution is 2.24. The lowest BCUT2D eigenvalue weighted by molar-refractivity contribution is -0.386. The third-order valence-electron chi connectivity index (χ3n) is 2.32. The van der Waals surface area contributed by atoms with E-state index in [1.807, 2.05) is 0 Å². The second kappa shape index (κ2) is 4.79. The second-order valence-electron chi connectivity index (χ2n) is 3.63. The van der Waals surface area contributed by atoms with Gasteiger partial charge in [0.1, 0.15) is 5.82 Å². The monoisotopic (exact) mass is 248 g/mol. The quantitative estimate of drug-likeness (QED) is 0.617. The Kier molecular flexibility index (Phi) is 3.18. The zero-order valence-corrected chi connectivity index (χ0v) is 9.46. The molecule has 0 aliphatic rings. The fourth-order valence-electron chi connectivity index (χ4n) is 1.50. The fourth-order valence-corrected chi connectivity index (χ4v) is 1.50. The van der Waals surface area contributed by atoms with Gasteiger partial charge in [0.15, 0.2) is 5.69 Å². The van der Waals surface area contributed by atoms with Crippen molar-refractivity contribution in [3.05, 3.63) is 57.2 Å². The highest BCUT2D eigenvalue weighted by Gasteiger charge is 2.21. The number of nitro groups is 1. The summed E-state index contributed by atoms with van der Waals surface area (Å²) >= 11 is 0. The van der Waals surface area contributed by atoms with Crippen molar-refractivity contribution >= 4 is 17.8 Å². The third kappa shape index (κ3) is 2.42. The van der Waals surface area contributed by atoms with Gasteiger partial charge in [0.2, 0.25) is 5.76 Å². The molecule has 18 heavy (non-hydrogen) atoms. The van der Waals surface area contributed by atoms with Crippen LogP contribution in [0, 0.1) is 22.9 Å². The van der Waals surface area contributed by atoms with Gasteiger partial charge in [-0.2, -0.15) is 0 Å². The molecule has 0 radical (unpaired) electrons. The van der Waals surface area contributed by atoms with E-state index in [1.165, 1.54) is 31.2 Å². The van der Waals surface area contributed by atoms with Crippen molar-refractivity contribution in [2.24, 2.45) is 0 Å². The summed E-state index contributed by atoms with van der Waals surface area (Å²) in [6.07, 6.45) is 2.92. The van der Waals surface area contributed by atoms with E-state index in [-0.39, 0.29) is 23.0 Å². The summed E-state index contributed by atoms with van der Waals surface area (Å²) in [7, 11) is 0. The smallest absolute Gasteiger partial charge is 0.338 e. The molecule has 1 aromatic heterocycles. The summed E-state index contributed by atoms with van der Waals surface area (Å²) < 4.78 is 17.8. The van der Waals surface area contributed by atoms with Crippen LogP contribution in [0.1, 0.15) is 17.0 Å². The van der Waals surface area contributed by atoms with Gasteiger partial charge in [-0.3, -0.25) is 10.1 Å². The highest BCUT2D eigenvalue weighted by atomic mass is 19.1. The Labute approximate surface area is 102 Å². The van der Waals surface area contributed by atoms with Gasteiger partial charge in [-0.1, -0.05) is 23.4 Å². The first kappa shape index (κ1) is 12.0. The predicted octanol–water partition coefficient (Wildman–Crippen LogP) is 3.20. The fraction of sp³-hybridized carbons (Fsp3) is 0.0833. The Bertz CT molecular complexity index is 620. The Balaban J connectivity index is 2.32. The first-order valence-electron chi connectivity index (χ1n) is 5.12. The van der Waals surface area contributed by atoms with Gasteiger partial charge in [0, 0.05) is 0 Å². The van der Waals surface area contributed by atoms with Crippen molar-refractivity contribution in [3.8, 4) is 0 Å². The van der Waals surface area contributed by atoms with Crippen LogP contribution in [0.5, 0.6) is 0 Å². The normalized spacial score (nSPS) is 11.0. The standard InChI is InChI=1S/C12H9FN2O3/c1-8-12(15(16)17)11(18-14-8)6-5-9-3-2-4-10(13)7-9/h2-7H,1H3/b6-5+. The van der Waals surface area contributed by atoms with Crippen molar-refractivity contribution in [1.29, 1.82) is 0 Å². The van der Waals surface area contributed by atoms with Gasteiger partial charge in [-0.25, -0.2) is 4.39 Å². The van der Waals surface area contributed by atoms with Crippen LogP contribution in [0.15, 0.2) is 28.8 Å². The Morgan fingerprint density at radius 2 is 2.22 bits per heavy atom. The molecule has 0 aliphatic heterocycles. The van der Waals surface area contributed by atoms with Crippen molar-refractivity contribution in [2.75, 3.05) is 0 Å².